The zero-order valence-electron chi connectivity index (χ0n) is 13.5. The summed E-state index contributed by atoms with van der Waals surface area (Å²) in [6.07, 6.45) is 1.71. The molecule has 0 spiro atoms. The molecule has 124 valence electrons. The first kappa shape index (κ1) is 15.5. The van der Waals surface area contributed by atoms with E-state index >= 15 is 0 Å². The zero-order valence-corrected chi connectivity index (χ0v) is 14.3. The summed E-state index contributed by atoms with van der Waals surface area (Å²) in [5, 5.41) is 25.5. The summed E-state index contributed by atoms with van der Waals surface area (Å²) in [4.78, 5) is 4.21. The summed E-state index contributed by atoms with van der Waals surface area (Å²) in [7, 11) is 0. The third-order valence-corrected chi connectivity index (χ3v) is 4.59. The average Bonchev–Trinajstić information content (AvgIpc) is 3.05. The molecular weight excluding hydrogens is 334 g/mol. The second-order valence-corrected chi connectivity index (χ2v) is 6.18. The third-order valence-electron chi connectivity index (χ3n) is 3.85. The lowest BCUT2D eigenvalue weighted by atomic mass is 10.1. The molecule has 0 atom stereocenters. The predicted molar refractivity (Wildman–Crippen MR) is 101 cm³/mol. The van der Waals surface area contributed by atoms with E-state index in [4.69, 9.17) is 0 Å². The Morgan fingerprint density at radius 1 is 1.08 bits per heavy atom. The topological polar surface area (TPSA) is 82.8 Å². The first-order valence-corrected chi connectivity index (χ1v) is 8.66. The van der Waals surface area contributed by atoms with Crippen molar-refractivity contribution in [2.45, 2.75) is 6.92 Å². The van der Waals surface area contributed by atoms with E-state index in [-0.39, 0.29) is 5.75 Å². The molecule has 2 N–H and O–H groups in total. The maximum Gasteiger partial charge on any atom is 0.175 e. The van der Waals surface area contributed by atoms with Crippen molar-refractivity contribution in [3.05, 3.63) is 48.7 Å². The Bertz CT molecular complexity index is 1090. The van der Waals surface area contributed by atoms with Crippen molar-refractivity contribution in [3.8, 4) is 5.75 Å². The average molecular weight is 349 g/mol. The quantitative estimate of drug-likeness (QED) is 0.483. The molecule has 0 saturated carbocycles. The Kier molecular flexibility index (Phi) is 3.99. The van der Waals surface area contributed by atoms with Crippen molar-refractivity contribution >= 4 is 49.7 Å². The highest BCUT2D eigenvalue weighted by Crippen LogP contribution is 2.39. The van der Waals surface area contributed by atoms with Crippen LogP contribution in [0.3, 0.4) is 0 Å². The molecule has 0 aliphatic rings. The van der Waals surface area contributed by atoms with Crippen LogP contribution < -0.4 is 5.32 Å². The summed E-state index contributed by atoms with van der Waals surface area (Å²) in [6, 6.07) is 12.9. The van der Waals surface area contributed by atoms with Gasteiger partial charge in [0.2, 0.25) is 0 Å². The van der Waals surface area contributed by atoms with Gasteiger partial charge in [0.1, 0.15) is 5.75 Å². The summed E-state index contributed by atoms with van der Waals surface area (Å²) in [6.45, 7) is 2.80. The fourth-order valence-corrected chi connectivity index (χ4v) is 3.39. The largest absolute Gasteiger partial charge is 0.507 e. The fourth-order valence-electron chi connectivity index (χ4n) is 2.74. The molecule has 7 heteroatoms. The van der Waals surface area contributed by atoms with E-state index < -0.39 is 0 Å². The molecule has 0 amide bonds. The molecular formula is C18H15N5OS. The van der Waals surface area contributed by atoms with Gasteiger partial charge in [0, 0.05) is 29.2 Å². The molecule has 4 aromatic rings. The maximum atomic E-state index is 10.2. The number of hydrogen-bond acceptors (Lipinski definition) is 7. The van der Waals surface area contributed by atoms with Crippen molar-refractivity contribution in [3.63, 3.8) is 0 Å². The van der Waals surface area contributed by atoms with Crippen LogP contribution in [0, 0.1) is 0 Å². The minimum atomic E-state index is 0.223. The monoisotopic (exact) mass is 349 g/mol. The van der Waals surface area contributed by atoms with E-state index in [9.17, 15) is 5.11 Å². The van der Waals surface area contributed by atoms with E-state index in [1.807, 2.05) is 37.3 Å². The Hall–Kier alpha value is -3.06. The molecule has 0 aliphatic heterocycles. The maximum absolute atomic E-state index is 10.2. The van der Waals surface area contributed by atoms with Gasteiger partial charge in [0.05, 0.1) is 11.1 Å². The molecule has 0 aliphatic carbocycles. The number of rotatable bonds is 4. The number of fused-ring (bicyclic) bond motifs is 2. The molecule has 2 aromatic carbocycles. The molecule has 0 saturated heterocycles. The number of aromatic hydroxyl groups is 1. The van der Waals surface area contributed by atoms with Crippen molar-refractivity contribution in [2.24, 2.45) is 10.2 Å². The Morgan fingerprint density at radius 2 is 1.96 bits per heavy atom. The minimum absolute atomic E-state index is 0.223. The molecule has 0 bridgehead atoms. The second kappa shape index (κ2) is 6.45. The summed E-state index contributed by atoms with van der Waals surface area (Å²) >= 11 is 1.27. The number of pyridine rings is 1. The van der Waals surface area contributed by atoms with Crippen LogP contribution in [0.25, 0.3) is 21.8 Å². The number of nitrogens with one attached hydrogen (secondary N) is 1. The third kappa shape index (κ3) is 2.78. The summed E-state index contributed by atoms with van der Waals surface area (Å²) < 4.78 is 4.28. The van der Waals surface area contributed by atoms with Crippen LogP contribution in [0.5, 0.6) is 5.75 Å². The lowest BCUT2D eigenvalue weighted by Crippen LogP contribution is -1.97. The van der Waals surface area contributed by atoms with Gasteiger partial charge in [-0.25, -0.2) is 4.98 Å². The van der Waals surface area contributed by atoms with E-state index in [0.717, 1.165) is 28.4 Å². The molecule has 2 aromatic heterocycles. The highest BCUT2D eigenvalue weighted by Gasteiger charge is 2.10. The van der Waals surface area contributed by atoms with E-state index in [1.165, 1.54) is 11.5 Å². The number of phenolic OH excluding ortho intramolecular Hbond substituents is 1. The van der Waals surface area contributed by atoms with Crippen LogP contribution in [-0.4, -0.2) is 21.0 Å². The lowest BCUT2D eigenvalue weighted by Gasteiger charge is -2.10. The summed E-state index contributed by atoms with van der Waals surface area (Å²) in [5.41, 5.74) is 2.28. The van der Waals surface area contributed by atoms with Gasteiger partial charge in [-0.05, 0) is 48.8 Å². The zero-order chi connectivity index (χ0) is 17.2. The Morgan fingerprint density at radius 3 is 2.84 bits per heavy atom. The molecule has 0 radical (unpaired) electrons. The minimum Gasteiger partial charge on any atom is -0.507 e. The fraction of sp³-hybridized carbons (Fsp3) is 0.111. The lowest BCUT2D eigenvalue weighted by molar-refractivity contribution is 0.481. The van der Waals surface area contributed by atoms with Crippen molar-refractivity contribution in [1.82, 2.24) is 9.36 Å². The molecule has 25 heavy (non-hydrogen) atoms. The predicted octanol–water partition coefficient (Wildman–Crippen LogP) is 5.40. The SMILES string of the molecule is CCNc1cccc2c(O)ccc(N=Nc3snc4ncccc34)c12. The van der Waals surface area contributed by atoms with Gasteiger partial charge in [0.25, 0.3) is 0 Å². The van der Waals surface area contributed by atoms with E-state index in [1.54, 1.807) is 18.3 Å². The van der Waals surface area contributed by atoms with Crippen LogP contribution in [-0.2, 0) is 0 Å². The first-order valence-electron chi connectivity index (χ1n) is 7.88. The van der Waals surface area contributed by atoms with E-state index in [2.05, 4.69) is 24.9 Å². The van der Waals surface area contributed by atoms with Gasteiger partial charge in [-0.15, -0.1) is 10.2 Å². The van der Waals surface area contributed by atoms with Crippen LogP contribution >= 0.6 is 11.5 Å². The van der Waals surface area contributed by atoms with Crippen LogP contribution in [0.4, 0.5) is 16.4 Å². The number of phenols is 1. The number of aromatic nitrogens is 2. The Labute approximate surface area is 148 Å². The highest BCUT2D eigenvalue weighted by molar-refractivity contribution is 7.11. The smallest absolute Gasteiger partial charge is 0.175 e. The number of benzene rings is 2. The van der Waals surface area contributed by atoms with Gasteiger partial charge in [-0.3, -0.25) is 0 Å². The van der Waals surface area contributed by atoms with Crippen molar-refractivity contribution in [2.75, 3.05) is 11.9 Å². The highest BCUT2D eigenvalue weighted by atomic mass is 32.1. The standard InChI is InChI=1S/C18H15N5OS/c1-2-19-13-7-3-5-11-15(24)9-8-14(16(11)13)21-22-18-12-6-4-10-20-17(12)23-25-18/h3-10,19,24H,2H2,1H3. The second-order valence-electron chi connectivity index (χ2n) is 5.42. The molecule has 0 unspecified atom stereocenters. The number of azo groups is 1. The van der Waals surface area contributed by atoms with Gasteiger partial charge < -0.3 is 10.4 Å². The van der Waals surface area contributed by atoms with E-state index in [0.29, 0.717) is 16.3 Å². The number of nitrogens with zero attached hydrogens (tertiary/aromatic N) is 4. The normalized spacial score (nSPS) is 11.6. The van der Waals surface area contributed by atoms with Gasteiger partial charge in [-0.2, -0.15) is 4.37 Å². The van der Waals surface area contributed by atoms with Crippen molar-refractivity contribution < 1.29 is 5.11 Å². The number of hydrogen-bond donors (Lipinski definition) is 2. The van der Waals surface area contributed by atoms with Gasteiger partial charge >= 0.3 is 0 Å². The first-order chi connectivity index (χ1) is 12.3. The van der Waals surface area contributed by atoms with Crippen LogP contribution in [0.1, 0.15) is 6.92 Å². The Balaban J connectivity index is 1.85. The molecule has 4 rings (SSSR count). The van der Waals surface area contributed by atoms with Gasteiger partial charge in [-0.1, -0.05) is 12.1 Å². The van der Waals surface area contributed by atoms with Crippen LogP contribution in [0.2, 0.25) is 0 Å². The molecule has 0 fully saturated rings. The van der Waals surface area contributed by atoms with Crippen molar-refractivity contribution in [1.29, 1.82) is 0 Å². The number of anilines is 1. The van der Waals surface area contributed by atoms with Crippen LogP contribution in [0.15, 0.2) is 58.9 Å². The summed E-state index contributed by atoms with van der Waals surface area (Å²) in [5.74, 6) is 0.223. The van der Waals surface area contributed by atoms with Gasteiger partial charge in [0.15, 0.2) is 10.6 Å². The molecule has 2 heterocycles. The molecule has 6 nitrogen and oxygen atoms in total.